The van der Waals surface area contributed by atoms with Gasteiger partial charge in [0, 0.05) is 5.56 Å². The van der Waals surface area contributed by atoms with E-state index in [-0.39, 0.29) is 5.82 Å². The van der Waals surface area contributed by atoms with Crippen molar-refractivity contribution in [2.45, 2.75) is 0 Å². The third-order valence-electron chi connectivity index (χ3n) is 2.63. The summed E-state index contributed by atoms with van der Waals surface area (Å²) in [6.45, 7) is 0. The van der Waals surface area contributed by atoms with Crippen LogP contribution in [0.15, 0.2) is 36.4 Å². The quantitative estimate of drug-likeness (QED) is 0.673. The molecule has 5 heteroatoms. The Balaban J connectivity index is 2.22. The van der Waals surface area contributed by atoms with Gasteiger partial charge in [-0.15, -0.1) is 11.3 Å². The zero-order valence-corrected chi connectivity index (χ0v) is 10.7. The van der Waals surface area contributed by atoms with Crippen LogP contribution in [-0.4, -0.2) is 4.98 Å². The Hall–Kier alpha value is -1.65. The molecule has 2 N–H and O–H groups in total. The Labute approximate surface area is 112 Å². The molecule has 3 aromatic rings. The highest BCUT2D eigenvalue weighted by Crippen LogP contribution is 2.36. The lowest BCUT2D eigenvalue weighted by molar-refractivity contribution is 0.630. The molecule has 18 heavy (non-hydrogen) atoms. The number of para-hydroxylation sites is 1. The number of nitrogen functional groups attached to an aromatic ring is 1. The second-order valence-corrected chi connectivity index (χ2v) is 5.27. The molecule has 0 radical (unpaired) electrons. The highest BCUT2D eigenvalue weighted by Gasteiger charge is 2.11. The number of nitrogens with two attached hydrogens (primary N) is 1. The van der Waals surface area contributed by atoms with Gasteiger partial charge in [0.05, 0.1) is 20.9 Å². The van der Waals surface area contributed by atoms with Gasteiger partial charge in [-0.3, -0.25) is 0 Å². The maximum absolute atomic E-state index is 13.1. The summed E-state index contributed by atoms with van der Waals surface area (Å²) in [5.41, 5.74) is 7.97. The van der Waals surface area contributed by atoms with Gasteiger partial charge in [0.2, 0.25) is 0 Å². The van der Waals surface area contributed by atoms with Crippen LogP contribution < -0.4 is 5.73 Å². The molecule has 0 unspecified atom stereocenters. The van der Waals surface area contributed by atoms with Crippen molar-refractivity contribution in [3.8, 4) is 10.6 Å². The molecule has 0 aliphatic rings. The number of fused-ring (bicyclic) bond motifs is 1. The minimum absolute atomic E-state index is 0.267. The van der Waals surface area contributed by atoms with Crippen molar-refractivity contribution in [2.24, 2.45) is 0 Å². The first kappa shape index (κ1) is 11.4. The smallest absolute Gasteiger partial charge is 0.126 e. The van der Waals surface area contributed by atoms with E-state index in [2.05, 4.69) is 4.98 Å². The third kappa shape index (κ3) is 1.83. The van der Waals surface area contributed by atoms with Crippen LogP contribution in [0.3, 0.4) is 0 Å². The summed E-state index contributed by atoms with van der Waals surface area (Å²) in [7, 11) is 0. The Kier molecular flexibility index (Phi) is 2.69. The van der Waals surface area contributed by atoms with E-state index >= 15 is 0 Å². The van der Waals surface area contributed by atoms with Gasteiger partial charge < -0.3 is 5.73 Å². The maximum atomic E-state index is 13.1. The predicted octanol–water partition coefficient (Wildman–Crippen LogP) is 4.34. The monoisotopic (exact) mass is 278 g/mol. The fraction of sp³-hybridized carbons (Fsp3) is 0. The molecule has 0 aliphatic carbocycles. The van der Waals surface area contributed by atoms with Gasteiger partial charge in [0.25, 0.3) is 0 Å². The average Bonchev–Trinajstić information content (AvgIpc) is 2.75. The van der Waals surface area contributed by atoms with Crippen molar-refractivity contribution >= 4 is 38.8 Å². The molecule has 90 valence electrons. The third-order valence-corrected chi connectivity index (χ3v) is 4.01. The lowest BCUT2D eigenvalue weighted by atomic mass is 10.2. The molecule has 1 heterocycles. The Morgan fingerprint density at radius 3 is 2.89 bits per heavy atom. The minimum atomic E-state index is -0.267. The van der Waals surface area contributed by atoms with E-state index in [0.717, 1.165) is 20.8 Å². The summed E-state index contributed by atoms with van der Waals surface area (Å²) in [6.07, 6.45) is 0. The molecule has 0 aliphatic heterocycles. The van der Waals surface area contributed by atoms with Gasteiger partial charge in [-0.25, -0.2) is 9.37 Å². The normalized spacial score (nSPS) is 11.0. The van der Waals surface area contributed by atoms with E-state index in [9.17, 15) is 4.39 Å². The minimum Gasteiger partial charge on any atom is -0.397 e. The van der Waals surface area contributed by atoms with Crippen molar-refractivity contribution in [2.75, 3.05) is 5.73 Å². The summed E-state index contributed by atoms with van der Waals surface area (Å²) in [5, 5.41) is 1.24. The molecule has 0 fully saturated rings. The molecule has 3 rings (SSSR count). The van der Waals surface area contributed by atoms with Crippen LogP contribution in [-0.2, 0) is 0 Å². The standard InChI is InChI=1S/C13H8ClFN2S/c14-9-3-1-2-8(12(9)16)13-17-10-5-4-7(15)6-11(10)18-13/h1-6H,16H2. The van der Waals surface area contributed by atoms with Crippen molar-refractivity contribution in [3.63, 3.8) is 0 Å². The van der Waals surface area contributed by atoms with Crippen molar-refractivity contribution in [1.29, 1.82) is 0 Å². The summed E-state index contributed by atoms with van der Waals surface area (Å²) in [4.78, 5) is 4.44. The molecule has 2 nitrogen and oxygen atoms in total. The number of rotatable bonds is 1. The Morgan fingerprint density at radius 1 is 1.22 bits per heavy atom. The first-order valence-electron chi connectivity index (χ1n) is 5.25. The van der Waals surface area contributed by atoms with Gasteiger partial charge in [-0.1, -0.05) is 17.7 Å². The largest absolute Gasteiger partial charge is 0.397 e. The van der Waals surface area contributed by atoms with E-state index < -0.39 is 0 Å². The molecular weight excluding hydrogens is 271 g/mol. The van der Waals surface area contributed by atoms with Crippen LogP contribution in [0.2, 0.25) is 5.02 Å². The molecule has 0 bridgehead atoms. The zero-order valence-electron chi connectivity index (χ0n) is 9.15. The number of anilines is 1. The van der Waals surface area contributed by atoms with E-state index in [4.69, 9.17) is 17.3 Å². The lowest BCUT2D eigenvalue weighted by Crippen LogP contribution is -1.90. The van der Waals surface area contributed by atoms with Crippen LogP contribution in [0.25, 0.3) is 20.8 Å². The van der Waals surface area contributed by atoms with Crippen LogP contribution in [0.4, 0.5) is 10.1 Å². The summed E-state index contributed by atoms with van der Waals surface area (Å²) in [6, 6.07) is 9.93. The van der Waals surface area contributed by atoms with Crippen molar-refractivity contribution in [3.05, 3.63) is 47.2 Å². The number of hydrogen-bond acceptors (Lipinski definition) is 3. The molecule has 0 saturated heterocycles. The molecular formula is C13H8ClFN2S. The Bertz CT molecular complexity index is 739. The number of halogens is 2. The van der Waals surface area contributed by atoms with E-state index in [1.807, 2.05) is 12.1 Å². The lowest BCUT2D eigenvalue weighted by Gasteiger charge is -2.02. The van der Waals surface area contributed by atoms with Crippen LogP contribution in [0, 0.1) is 5.82 Å². The molecule has 2 aromatic carbocycles. The number of benzene rings is 2. The second kappa shape index (κ2) is 4.23. The first-order chi connectivity index (χ1) is 8.65. The van der Waals surface area contributed by atoms with Gasteiger partial charge in [-0.05, 0) is 30.3 Å². The number of thiazole rings is 1. The SMILES string of the molecule is Nc1c(Cl)cccc1-c1nc2ccc(F)cc2s1. The second-order valence-electron chi connectivity index (χ2n) is 3.83. The predicted molar refractivity (Wildman–Crippen MR) is 74.4 cm³/mol. The van der Waals surface area contributed by atoms with Crippen molar-refractivity contribution in [1.82, 2.24) is 4.98 Å². The molecule has 0 amide bonds. The zero-order chi connectivity index (χ0) is 12.7. The first-order valence-corrected chi connectivity index (χ1v) is 6.45. The van der Waals surface area contributed by atoms with Gasteiger partial charge in [-0.2, -0.15) is 0 Å². The fourth-order valence-corrected chi connectivity index (χ4v) is 2.94. The van der Waals surface area contributed by atoms with E-state index in [0.29, 0.717) is 10.7 Å². The summed E-state index contributed by atoms with van der Waals surface area (Å²) >= 11 is 7.38. The molecule has 0 spiro atoms. The molecule has 0 saturated carbocycles. The van der Waals surface area contributed by atoms with Crippen LogP contribution in [0.5, 0.6) is 0 Å². The van der Waals surface area contributed by atoms with Gasteiger partial charge >= 0.3 is 0 Å². The topological polar surface area (TPSA) is 38.9 Å². The number of nitrogens with zero attached hydrogens (tertiary/aromatic N) is 1. The summed E-state index contributed by atoms with van der Waals surface area (Å²) in [5.74, 6) is -0.267. The number of hydrogen-bond donors (Lipinski definition) is 1. The molecule has 0 atom stereocenters. The Morgan fingerprint density at radius 2 is 2.06 bits per heavy atom. The number of aromatic nitrogens is 1. The van der Waals surface area contributed by atoms with E-state index in [1.54, 1.807) is 12.1 Å². The maximum Gasteiger partial charge on any atom is 0.126 e. The average molecular weight is 279 g/mol. The fourth-order valence-electron chi connectivity index (χ4n) is 1.74. The highest BCUT2D eigenvalue weighted by atomic mass is 35.5. The van der Waals surface area contributed by atoms with Crippen LogP contribution in [0.1, 0.15) is 0 Å². The molecule has 1 aromatic heterocycles. The van der Waals surface area contributed by atoms with Gasteiger partial charge in [0.1, 0.15) is 10.8 Å². The van der Waals surface area contributed by atoms with Gasteiger partial charge in [0.15, 0.2) is 0 Å². The highest BCUT2D eigenvalue weighted by molar-refractivity contribution is 7.21. The summed E-state index contributed by atoms with van der Waals surface area (Å²) < 4.78 is 13.9. The van der Waals surface area contributed by atoms with Crippen LogP contribution >= 0.6 is 22.9 Å². The van der Waals surface area contributed by atoms with Crippen molar-refractivity contribution < 1.29 is 4.39 Å². The van der Waals surface area contributed by atoms with E-state index in [1.165, 1.54) is 23.5 Å².